The molecule has 116 valence electrons. The maximum absolute atomic E-state index is 6.02. The molecule has 0 radical (unpaired) electrons. The highest BCUT2D eigenvalue weighted by Gasteiger charge is 2.33. The molecule has 0 amide bonds. The fourth-order valence-corrected chi connectivity index (χ4v) is 4.00. The Hall–Kier alpha value is -2.34. The van der Waals surface area contributed by atoms with Gasteiger partial charge in [0.25, 0.3) is 0 Å². The number of rotatable bonds is 2. The summed E-state index contributed by atoms with van der Waals surface area (Å²) in [4.78, 5) is 13.6. The lowest BCUT2D eigenvalue weighted by molar-refractivity contribution is 0.695. The number of benzene rings is 1. The van der Waals surface area contributed by atoms with Crippen LogP contribution in [0.1, 0.15) is 28.2 Å². The number of amidine groups is 1. The molecule has 3 aromatic rings. The average molecular weight is 323 g/mol. The number of hydrogen-bond donors (Lipinski definition) is 1. The Balaban J connectivity index is 1.78. The molecule has 2 aromatic heterocycles. The molecule has 6 heteroatoms. The number of aromatic nitrogens is 3. The van der Waals surface area contributed by atoms with Crippen molar-refractivity contribution >= 4 is 28.0 Å². The van der Waals surface area contributed by atoms with Crippen LogP contribution in [0.3, 0.4) is 0 Å². The average Bonchev–Trinajstić information content (AvgIpc) is 3.11. The Morgan fingerprint density at radius 2 is 2.09 bits per heavy atom. The molecule has 2 atom stereocenters. The number of nitrogens with zero attached hydrogens (tertiary/aromatic N) is 4. The number of aliphatic imine (C=N–C) groups is 1. The molecule has 2 unspecified atom stereocenters. The van der Waals surface area contributed by atoms with Crippen molar-refractivity contribution in [1.82, 2.24) is 14.5 Å². The molecule has 0 spiro atoms. The Kier molecular flexibility index (Phi) is 3.34. The molecule has 3 heterocycles. The number of nitrogens with two attached hydrogens (primary N) is 1. The largest absolute Gasteiger partial charge is 0.379 e. The lowest BCUT2D eigenvalue weighted by atomic mass is 10.0. The van der Waals surface area contributed by atoms with Gasteiger partial charge in [-0.3, -0.25) is 9.98 Å². The molecular weight excluding hydrogens is 306 g/mol. The van der Waals surface area contributed by atoms with E-state index in [0.29, 0.717) is 5.17 Å². The first-order valence-electron chi connectivity index (χ1n) is 7.46. The van der Waals surface area contributed by atoms with E-state index < -0.39 is 0 Å². The lowest BCUT2D eigenvalue weighted by Crippen LogP contribution is -2.05. The fraction of sp³-hybridized carbons (Fsp3) is 0.235. The van der Waals surface area contributed by atoms with Crippen molar-refractivity contribution < 1.29 is 0 Å². The number of pyridine rings is 1. The zero-order valence-corrected chi connectivity index (χ0v) is 13.8. The first-order chi connectivity index (χ1) is 11.1. The van der Waals surface area contributed by atoms with E-state index in [-0.39, 0.29) is 11.3 Å². The van der Waals surface area contributed by atoms with Gasteiger partial charge in [0.1, 0.15) is 6.04 Å². The van der Waals surface area contributed by atoms with Crippen LogP contribution in [-0.2, 0) is 7.05 Å². The van der Waals surface area contributed by atoms with E-state index in [4.69, 9.17) is 5.73 Å². The van der Waals surface area contributed by atoms with Crippen LogP contribution in [0.4, 0.5) is 0 Å². The number of hydrogen-bond acceptors (Lipinski definition) is 5. The van der Waals surface area contributed by atoms with Crippen LogP contribution >= 0.6 is 11.8 Å². The quantitative estimate of drug-likeness (QED) is 0.786. The van der Waals surface area contributed by atoms with E-state index in [0.717, 1.165) is 22.4 Å². The lowest BCUT2D eigenvalue weighted by Gasteiger charge is -2.17. The van der Waals surface area contributed by atoms with Gasteiger partial charge >= 0.3 is 0 Å². The highest BCUT2D eigenvalue weighted by molar-refractivity contribution is 8.14. The molecule has 2 N–H and O–H groups in total. The van der Waals surface area contributed by atoms with Crippen LogP contribution < -0.4 is 5.73 Å². The van der Waals surface area contributed by atoms with Crippen LogP contribution in [0.15, 0.2) is 47.7 Å². The van der Waals surface area contributed by atoms with E-state index in [2.05, 4.69) is 33.2 Å². The predicted octanol–water partition coefficient (Wildman–Crippen LogP) is 3.12. The molecule has 0 bridgehead atoms. The number of aryl methyl sites for hydroxylation is 2. The van der Waals surface area contributed by atoms with E-state index in [1.54, 1.807) is 11.8 Å². The minimum atomic E-state index is -0.0504. The number of imidazole rings is 1. The number of fused-ring (bicyclic) bond motifs is 1. The third kappa shape index (κ3) is 2.49. The minimum Gasteiger partial charge on any atom is -0.379 e. The summed E-state index contributed by atoms with van der Waals surface area (Å²) in [6.07, 6.45) is 1.83. The first kappa shape index (κ1) is 14.3. The molecular formula is C17H17N5S. The monoisotopic (exact) mass is 323 g/mol. The van der Waals surface area contributed by atoms with Crippen LogP contribution in [0.5, 0.6) is 0 Å². The van der Waals surface area contributed by atoms with Crippen LogP contribution in [0, 0.1) is 6.92 Å². The van der Waals surface area contributed by atoms with E-state index in [1.165, 1.54) is 5.56 Å². The van der Waals surface area contributed by atoms with Crippen LogP contribution in [0.25, 0.3) is 11.0 Å². The summed E-state index contributed by atoms with van der Waals surface area (Å²) in [6, 6.07) is 12.3. The normalized spacial score (nSPS) is 20.9. The second-order valence-corrected chi connectivity index (χ2v) is 6.92. The van der Waals surface area contributed by atoms with E-state index >= 15 is 0 Å². The topological polar surface area (TPSA) is 69.1 Å². The van der Waals surface area contributed by atoms with Gasteiger partial charge in [0.2, 0.25) is 0 Å². The molecule has 1 aliphatic rings. The standard InChI is InChI=1S/C17H17N5S/c1-10-4-3-5-13(20-10)15-16(23-17(18)21-15)11-6-7-12-14(8-11)22(2)9-19-12/h3-9,15-16H,1-2H3,(H2,18,21). The molecule has 0 aliphatic carbocycles. The molecule has 1 aliphatic heterocycles. The molecule has 5 nitrogen and oxygen atoms in total. The van der Waals surface area contributed by atoms with Crippen LogP contribution in [0.2, 0.25) is 0 Å². The summed E-state index contributed by atoms with van der Waals surface area (Å²) in [5.41, 5.74) is 11.3. The van der Waals surface area contributed by atoms with Crippen molar-refractivity contribution in [2.75, 3.05) is 0 Å². The van der Waals surface area contributed by atoms with Gasteiger partial charge in [-0.2, -0.15) is 0 Å². The molecule has 4 rings (SSSR count). The fourth-order valence-electron chi connectivity index (χ4n) is 2.95. The van der Waals surface area contributed by atoms with Crippen molar-refractivity contribution in [3.8, 4) is 0 Å². The van der Waals surface area contributed by atoms with E-state index in [9.17, 15) is 0 Å². The zero-order chi connectivity index (χ0) is 16.0. The summed E-state index contributed by atoms with van der Waals surface area (Å²) in [6.45, 7) is 2.00. The van der Waals surface area contributed by atoms with Gasteiger partial charge in [-0.25, -0.2) is 4.98 Å². The zero-order valence-electron chi connectivity index (χ0n) is 13.0. The summed E-state index contributed by atoms with van der Waals surface area (Å²) >= 11 is 1.60. The maximum atomic E-state index is 6.02. The molecule has 0 saturated carbocycles. The Morgan fingerprint density at radius 3 is 2.91 bits per heavy atom. The van der Waals surface area contributed by atoms with E-state index in [1.807, 2.05) is 43.1 Å². The SMILES string of the molecule is Cc1cccc(C2N=C(N)SC2c2ccc3ncn(C)c3c2)n1. The molecule has 23 heavy (non-hydrogen) atoms. The highest BCUT2D eigenvalue weighted by Crippen LogP contribution is 2.47. The van der Waals surface area contributed by atoms with Crippen molar-refractivity contribution in [2.45, 2.75) is 18.2 Å². The Labute approximate surface area is 138 Å². The highest BCUT2D eigenvalue weighted by atomic mass is 32.2. The van der Waals surface area contributed by atoms with Gasteiger partial charge in [0, 0.05) is 12.7 Å². The van der Waals surface area contributed by atoms with Gasteiger partial charge in [0.15, 0.2) is 5.17 Å². The second-order valence-electron chi connectivity index (χ2n) is 5.76. The van der Waals surface area contributed by atoms with Crippen molar-refractivity contribution in [3.05, 3.63) is 59.7 Å². The Morgan fingerprint density at radius 1 is 1.22 bits per heavy atom. The smallest absolute Gasteiger partial charge is 0.155 e. The summed E-state index contributed by atoms with van der Waals surface area (Å²) in [5.74, 6) is 0. The van der Waals surface area contributed by atoms with Crippen LogP contribution in [-0.4, -0.2) is 19.7 Å². The minimum absolute atomic E-state index is 0.0504. The summed E-state index contributed by atoms with van der Waals surface area (Å²) < 4.78 is 2.03. The number of thioether (sulfide) groups is 1. The molecule has 0 fully saturated rings. The van der Waals surface area contributed by atoms with Crippen molar-refractivity contribution in [2.24, 2.45) is 17.8 Å². The third-order valence-electron chi connectivity index (χ3n) is 4.09. The summed E-state index contributed by atoms with van der Waals surface area (Å²) in [7, 11) is 2.01. The van der Waals surface area contributed by atoms with Gasteiger partial charge in [-0.15, -0.1) is 0 Å². The van der Waals surface area contributed by atoms with Crippen molar-refractivity contribution in [1.29, 1.82) is 0 Å². The van der Waals surface area contributed by atoms with Gasteiger partial charge in [-0.05, 0) is 36.8 Å². The second kappa shape index (κ2) is 5.38. The maximum Gasteiger partial charge on any atom is 0.155 e. The van der Waals surface area contributed by atoms with Gasteiger partial charge in [0.05, 0.1) is 28.3 Å². The Bertz CT molecular complexity index is 914. The first-order valence-corrected chi connectivity index (χ1v) is 8.34. The predicted molar refractivity (Wildman–Crippen MR) is 94.4 cm³/mol. The molecule has 0 saturated heterocycles. The van der Waals surface area contributed by atoms with Crippen molar-refractivity contribution in [3.63, 3.8) is 0 Å². The third-order valence-corrected chi connectivity index (χ3v) is 5.22. The van der Waals surface area contributed by atoms with Gasteiger partial charge < -0.3 is 10.3 Å². The van der Waals surface area contributed by atoms with Gasteiger partial charge in [-0.1, -0.05) is 23.9 Å². The summed E-state index contributed by atoms with van der Waals surface area (Å²) in [5, 5.41) is 0.761. The molecule has 1 aromatic carbocycles.